The SMILES string of the molecule is CO[C@@H]1CCCN(C(=O)c2ccc(-c3ccc4nc[nH]c(=O)c4c3)cc2)C1. The molecule has 4 rings (SSSR count). The Balaban J connectivity index is 1.58. The molecule has 1 amide bonds. The number of aromatic amines is 1. The van der Waals surface area contributed by atoms with Gasteiger partial charge in [-0.05, 0) is 48.2 Å². The second kappa shape index (κ2) is 7.32. The van der Waals surface area contributed by atoms with Gasteiger partial charge in [-0.15, -0.1) is 0 Å². The maximum atomic E-state index is 12.7. The second-order valence-corrected chi connectivity index (χ2v) is 6.79. The van der Waals surface area contributed by atoms with E-state index in [0.717, 1.165) is 30.5 Å². The molecular weight excluding hydrogens is 342 g/mol. The minimum absolute atomic E-state index is 0.0301. The Bertz CT molecular complexity index is 1030. The third-order valence-electron chi connectivity index (χ3n) is 5.10. The molecule has 2 aromatic carbocycles. The number of ether oxygens (including phenoxy) is 1. The Morgan fingerprint density at radius 2 is 1.96 bits per heavy atom. The number of aromatic nitrogens is 2. The molecule has 0 spiro atoms. The van der Waals surface area contributed by atoms with Crippen LogP contribution in [0.1, 0.15) is 23.2 Å². The molecule has 0 saturated carbocycles. The maximum absolute atomic E-state index is 12.7. The molecule has 0 aliphatic carbocycles. The fourth-order valence-corrected chi connectivity index (χ4v) is 3.55. The second-order valence-electron chi connectivity index (χ2n) is 6.79. The zero-order chi connectivity index (χ0) is 18.8. The number of benzene rings is 2. The first-order chi connectivity index (χ1) is 13.2. The molecule has 1 fully saturated rings. The molecule has 27 heavy (non-hydrogen) atoms. The van der Waals surface area contributed by atoms with Crippen molar-refractivity contribution in [2.75, 3.05) is 20.2 Å². The first kappa shape index (κ1) is 17.4. The van der Waals surface area contributed by atoms with E-state index < -0.39 is 0 Å². The Morgan fingerprint density at radius 1 is 1.19 bits per heavy atom. The highest BCUT2D eigenvalue weighted by Gasteiger charge is 2.24. The van der Waals surface area contributed by atoms with E-state index in [1.54, 1.807) is 7.11 Å². The highest BCUT2D eigenvalue weighted by Crippen LogP contribution is 2.23. The monoisotopic (exact) mass is 363 g/mol. The van der Waals surface area contributed by atoms with Gasteiger partial charge in [0, 0.05) is 25.8 Å². The number of carbonyl (C=O) groups excluding carboxylic acids is 1. The molecule has 3 aromatic rings. The van der Waals surface area contributed by atoms with Crippen LogP contribution >= 0.6 is 0 Å². The number of hydrogen-bond donors (Lipinski definition) is 1. The number of H-pyrrole nitrogens is 1. The molecule has 0 radical (unpaired) electrons. The topological polar surface area (TPSA) is 75.3 Å². The van der Waals surface area contributed by atoms with Crippen molar-refractivity contribution < 1.29 is 9.53 Å². The normalized spacial score (nSPS) is 17.2. The number of nitrogens with zero attached hydrogens (tertiary/aromatic N) is 2. The summed E-state index contributed by atoms with van der Waals surface area (Å²) in [6.07, 6.45) is 3.47. The van der Waals surface area contributed by atoms with Gasteiger partial charge in [-0.2, -0.15) is 0 Å². The number of methoxy groups -OCH3 is 1. The molecule has 1 saturated heterocycles. The number of fused-ring (bicyclic) bond motifs is 1. The van der Waals surface area contributed by atoms with Crippen LogP contribution in [0.4, 0.5) is 0 Å². The molecule has 1 N–H and O–H groups in total. The van der Waals surface area contributed by atoms with Crippen LogP contribution in [0.3, 0.4) is 0 Å². The lowest BCUT2D eigenvalue weighted by Crippen LogP contribution is -2.42. The summed E-state index contributed by atoms with van der Waals surface area (Å²) >= 11 is 0. The van der Waals surface area contributed by atoms with E-state index in [4.69, 9.17) is 4.74 Å². The molecule has 1 aliphatic rings. The lowest BCUT2D eigenvalue weighted by molar-refractivity contribution is 0.0269. The summed E-state index contributed by atoms with van der Waals surface area (Å²) in [6, 6.07) is 13.1. The largest absolute Gasteiger partial charge is 0.380 e. The van der Waals surface area contributed by atoms with E-state index in [1.165, 1.54) is 6.33 Å². The average Bonchev–Trinajstić information content (AvgIpc) is 2.73. The van der Waals surface area contributed by atoms with E-state index in [2.05, 4.69) is 9.97 Å². The van der Waals surface area contributed by atoms with Gasteiger partial charge >= 0.3 is 0 Å². The van der Waals surface area contributed by atoms with Crippen molar-refractivity contribution in [1.82, 2.24) is 14.9 Å². The van der Waals surface area contributed by atoms with Crippen molar-refractivity contribution in [3.63, 3.8) is 0 Å². The summed E-state index contributed by atoms with van der Waals surface area (Å²) < 4.78 is 5.40. The molecule has 0 bridgehead atoms. The van der Waals surface area contributed by atoms with E-state index in [0.29, 0.717) is 23.0 Å². The fraction of sp³-hybridized carbons (Fsp3) is 0.286. The summed E-state index contributed by atoms with van der Waals surface area (Å²) in [4.78, 5) is 33.3. The van der Waals surface area contributed by atoms with Crippen LogP contribution in [0.2, 0.25) is 0 Å². The average molecular weight is 363 g/mol. The van der Waals surface area contributed by atoms with Crippen LogP contribution < -0.4 is 5.56 Å². The molecule has 2 heterocycles. The number of hydrogen-bond acceptors (Lipinski definition) is 4. The number of rotatable bonds is 3. The number of carbonyl (C=O) groups is 1. The van der Waals surface area contributed by atoms with Gasteiger partial charge in [-0.25, -0.2) is 4.98 Å². The number of piperidine rings is 1. The minimum atomic E-state index is -0.161. The van der Waals surface area contributed by atoms with Crippen molar-refractivity contribution in [2.45, 2.75) is 18.9 Å². The standard InChI is InChI=1S/C21H21N3O3/c1-27-17-3-2-10-24(12-17)21(26)15-6-4-14(5-7-15)16-8-9-19-18(11-16)20(25)23-13-22-19/h4-9,11,13,17H,2-3,10,12H2,1H3,(H,22,23,25)/t17-/m1/s1. The lowest BCUT2D eigenvalue weighted by Gasteiger charge is -2.32. The van der Waals surface area contributed by atoms with Gasteiger partial charge in [0.2, 0.25) is 0 Å². The van der Waals surface area contributed by atoms with Gasteiger partial charge in [-0.3, -0.25) is 9.59 Å². The zero-order valence-electron chi connectivity index (χ0n) is 15.1. The Kier molecular flexibility index (Phi) is 4.73. The molecule has 138 valence electrons. The smallest absolute Gasteiger partial charge is 0.258 e. The fourth-order valence-electron chi connectivity index (χ4n) is 3.55. The highest BCUT2D eigenvalue weighted by molar-refractivity contribution is 5.95. The summed E-state index contributed by atoms with van der Waals surface area (Å²) in [5.74, 6) is 0.0301. The van der Waals surface area contributed by atoms with E-state index in [-0.39, 0.29) is 17.6 Å². The summed E-state index contributed by atoms with van der Waals surface area (Å²) in [5, 5.41) is 0.550. The van der Waals surface area contributed by atoms with Crippen molar-refractivity contribution in [2.24, 2.45) is 0 Å². The van der Waals surface area contributed by atoms with Crippen LogP contribution in [0, 0.1) is 0 Å². The van der Waals surface area contributed by atoms with Crippen LogP contribution in [0.5, 0.6) is 0 Å². The van der Waals surface area contributed by atoms with Crippen molar-refractivity contribution in [3.05, 3.63) is 64.7 Å². The first-order valence-corrected chi connectivity index (χ1v) is 9.05. The third kappa shape index (κ3) is 3.48. The maximum Gasteiger partial charge on any atom is 0.258 e. The molecular formula is C21H21N3O3. The van der Waals surface area contributed by atoms with Crippen LogP contribution in [-0.2, 0) is 4.74 Å². The van der Waals surface area contributed by atoms with Crippen molar-refractivity contribution in [3.8, 4) is 11.1 Å². The van der Waals surface area contributed by atoms with Gasteiger partial charge in [0.25, 0.3) is 11.5 Å². The van der Waals surface area contributed by atoms with Gasteiger partial charge in [0.1, 0.15) is 0 Å². The lowest BCUT2D eigenvalue weighted by atomic mass is 10.0. The molecule has 1 atom stereocenters. The Labute approximate surface area is 156 Å². The van der Waals surface area contributed by atoms with E-state index in [9.17, 15) is 9.59 Å². The number of likely N-dealkylation sites (tertiary alicyclic amines) is 1. The van der Waals surface area contributed by atoms with Crippen LogP contribution in [0.25, 0.3) is 22.0 Å². The summed E-state index contributed by atoms with van der Waals surface area (Å²) in [7, 11) is 1.69. The minimum Gasteiger partial charge on any atom is -0.380 e. The summed E-state index contributed by atoms with van der Waals surface area (Å²) in [6.45, 7) is 1.40. The molecule has 1 aromatic heterocycles. The predicted octanol–water partition coefficient (Wildman–Crippen LogP) is 2.84. The van der Waals surface area contributed by atoms with Gasteiger partial charge < -0.3 is 14.6 Å². The quantitative estimate of drug-likeness (QED) is 0.776. The Hall–Kier alpha value is -2.99. The zero-order valence-corrected chi connectivity index (χ0v) is 15.1. The van der Waals surface area contributed by atoms with Crippen molar-refractivity contribution in [1.29, 1.82) is 0 Å². The first-order valence-electron chi connectivity index (χ1n) is 9.05. The van der Waals surface area contributed by atoms with E-state index in [1.807, 2.05) is 47.4 Å². The van der Waals surface area contributed by atoms with Gasteiger partial charge in [0.05, 0.1) is 23.3 Å². The predicted molar refractivity (Wildman–Crippen MR) is 104 cm³/mol. The molecule has 6 nitrogen and oxygen atoms in total. The highest BCUT2D eigenvalue weighted by atomic mass is 16.5. The van der Waals surface area contributed by atoms with Crippen LogP contribution in [0.15, 0.2) is 53.6 Å². The van der Waals surface area contributed by atoms with Crippen molar-refractivity contribution >= 4 is 16.8 Å². The number of amides is 1. The van der Waals surface area contributed by atoms with Crippen LogP contribution in [-0.4, -0.2) is 47.1 Å². The summed E-state index contributed by atoms with van der Waals surface area (Å²) in [5.41, 5.74) is 3.02. The van der Waals surface area contributed by atoms with E-state index >= 15 is 0 Å². The molecule has 1 aliphatic heterocycles. The Morgan fingerprint density at radius 3 is 2.74 bits per heavy atom. The third-order valence-corrected chi connectivity index (χ3v) is 5.10. The molecule has 0 unspecified atom stereocenters. The molecule has 6 heteroatoms. The number of nitrogens with one attached hydrogen (secondary N) is 1. The van der Waals surface area contributed by atoms with Gasteiger partial charge in [-0.1, -0.05) is 18.2 Å². The van der Waals surface area contributed by atoms with Gasteiger partial charge in [0.15, 0.2) is 0 Å².